The Kier molecular flexibility index (Phi) is 3.82. The van der Waals surface area contributed by atoms with Gasteiger partial charge in [0, 0.05) is 12.1 Å². The number of nitrogens with two attached hydrogens (primary N) is 1. The molecule has 0 bridgehead atoms. The van der Waals surface area contributed by atoms with E-state index in [1.807, 2.05) is 6.07 Å². The Morgan fingerprint density at radius 1 is 1.62 bits per heavy atom. The molecule has 1 atom stereocenters. The van der Waals surface area contributed by atoms with Crippen molar-refractivity contribution >= 4 is 29.0 Å². The quantitative estimate of drug-likeness (QED) is 0.793. The molecule has 0 amide bonds. The molecule has 0 spiro atoms. The monoisotopic (exact) mass is 218 g/mol. The van der Waals surface area contributed by atoms with Gasteiger partial charge in [0.2, 0.25) is 0 Å². The number of anilines is 1. The molecule has 0 aromatic carbocycles. The van der Waals surface area contributed by atoms with Crippen LogP contribution in [0.5, 0.6) is 0 Å². The topological polar surface area (TPSA) is 38.9 Å². The zero-order valence-corrected chi connectivity index (χ0v) is 8.94. The molecule has 0 fully saturated rings. The van der Waals surface area contributed by atoms with Crippen LogP contribution in [0.4, 0.5) is 5.82 Å². The van der Waals surface area contributed by atoms with Gasteiger partial charge >= 0.3 is 0 Å². The molecule has 0 saturated heterocycles. The average molecular weight is 219 g/mol. The van der Waals surface area contributed by atoms with Crippen LogP contribution in [-0.2, 0) is 6.42 Å². The summed E-state index contributed by atoms with van der Waals surface area (Å²) in [6.45, 7) is 2.06. The Balaban J connectivity index is 2.81. The maximum Gasteiger partial charge on any atom is 0.126 e. The van der Waals surface area contributed by atoms with E-state index in [1.165, 1.54) is 0 Å². The highest BCUT2D eigenvalue weighted by atomic mass is 35.5. The minimum atomic E-state index is 0.393. The molecular weight excluding hydrogens is 207 g/mol. The second-order valence-corrected chi connectivity index (χ2v) is 3.91. The van der Waals surface area contributed by atoms with Crippen LogP contribution in [0.1, 0.15) is 12.5 Å². The molecule has 0 saturated carbocycles. The van der Waals surface area contributed by atoms with Crippen molar-refractivity contribution in [3.63, 3.8) is 0 Å². The summed E-state index contributed by atoms with van der Waals surface area (Å²) < 4.78 is 0. The minimum absolute atomic E-state index is 0.393. The van der Waals surface area contributed by atoms with E-state index in [0.29, 0.717) is 22.6 Å². The molecule has 1 unspecified atom stereocenters. The molecule has 0 radical (unpaired) electrons. The first-order valence-electron chi connectivity index (χ1n) is 4.09. The number of nitrogens with zero attached hydrogens (tertiary/aromatic N) is 1. The van der Waals surface area contributed by atoms with Gasteiger partial charge < -0.3 is 5.73 Å². The highest BCUT2D eigenvalue weighted by Gasteiger charge is 2.06. The van der Waals surface area contributed by atoms with Gasteiger partial charge in [0.25, 0.3) is 0 Å². The summed E-state index contributed by atoms with van der Waals surface area (Å²) >= 11 is 11.5. The van der Waals surface area contributed by atoms with Crippen molar-refractivity contribution in [1.82, 2.24) is 4.98 Å². The third kappa shape index (κ3) is 3.05. The second-order valence-electron chi connectivity index (χ2n) is 3.16. The molecule has 13 heavy (non-hydrogen) atoms. The second kappa shape index (κ2) is 4.68. The first-order valence-corrected chi connectivity index (χ1v) is 5.00. The van der Waals surface area contributed by atoms with Crippen molar-refractivity contribution in [1.29, 1.82) is 0 Å². The van der Waals surface area contributed by atoms with E-state index in [2.05, 4.69) is 11.9 Å². The van der Waals surface area contributed by atoms with Crippen LogP contribution < -0.4 is 5.73 Å². The molecule has 1 aromatic rings. The Morgan fingerprint density at radius 3 is 2.92 bits per heavy atom. The minimum Gasteiger partial charge on any atom is -0.383 e. The normalized spacial score (nSPS) is 12.8. The van der Waals surface area contributed by atoms with Gasteiger partial charge in [0.05, 0.1) is 5.02 Å². The summed E-state index contributed by atoms with van der Waals surface area (Å²) in [5.41, 5.74) is 6.65. The van der Waals surface area contributed by atoms with Crippen molar-refractivity contribution in [2.45, 2.75) is 13.3 Å². The number of alkyl halides is 1. The zero-order chi connectivity index (χ0) is 9.84. The van der Waals surface area contributed by atoms with Crippen molar-refractivity contribution in [2.75, 3.05) is 11.6 Å². The van der Waals surface area contributed by atoms with Gasteiger partial charge in [-0.3, -0.25) is 0 Å². The van der Waals surface area contributed by atoms with E-state index in [4.69, 9.17) is 28.9 Å². The number of halogens is 2. The van der Waals surface area contributed by atoms with Gasteiger partial charge in [-0.15, -0.1) is 11.6 Å². The lowest BCUT2D eigenvalue weighted by molar-refractivity contribution is 0.654. The van der Waals surface area contributed by atoms with Crippen LogP contribution in [0.3, 0.4) is 0 Å². The maximum absolute atomic E-state index is 5.79. The van der Waals surface area contributed by atoms with Crippen LogP contribution >= 0.6 is 23.2 Å². The first-order chi connectivity index (χ1) is 6.13. The van der Waals surface area contributed by atoms with E-state index in [9.17, 15) is 0 Å². The standard InChI is InChI=1S/C9H12Cl2N2/c1-6(4-10)2-7-3-8(11)5-13-9(7)12/h3,5-6H,2,4H2,1H3,(H2,12,13). The maximum atomic E-state index is 5.79. The third-order valence-corrected chi connectivity index (χ3v) is 2.53. The molecule has 1 heterocycles. The SMILES string of the molecule is CC(CCl)Cc1cc(Cl)cnc1N. The lowest BCUT2D eigenvalue weighted by Gasteiger charge is -2.09. The summed E-state index contributed by atoms with van der Waals surface area (Å²) in [4.78, 5) is 3.97. The number of aromatic nitrogens is 1. The lowest BCUT2D eigenvalue weighted by Crippen LogP contribution is -2.05. The molecule has 2 N–H and O–H groups in total. The molecule has 1 aromatic heterocycles. The van der Waals surface area contributed by atoms with Gasteiger partial charge in [0.15, 0.2) is 0 Å². The third-order valence-electron chi connectivity index (χ3n) is 1.80. The van der Waals surface area contributed by atoms with Crippen LogP contribution in [0.15, 0.2) is 12.3 Å². The predicted molar refractivity (Wildman–Crippen MR) is 57.2 cm³/mol. The number of nitrogen functional groups attached to an aromatic ring is 1. The fourth-order valence-electron chi connectivity index (χ4n) is 1.09. The molecular formula is C9H12Cl2N2. The van der Waals surface area contributed by atoms with Crippen LogP contribution in [0, 0.1) is 5.92 Å². The molecule has 4 heteroatoms. The highest BCUT2D eigenvalue weighted by Crippen LogP contribution is 2.18. The number of rotatable bonds is 3. The summed E-state index contributed by atoms with van der Waals surface area (Å²) in [5, 5.41) is 0.617. The number of hydrogen-bond donors (Lipinski definition) is 1. The Hall–Kier alpha value is -0.470. The first kappa shape index (κ1) is 10.6. The average Bonchev–Trinajstić information content (AvgIpc) is 2.11. The summed E-state index contributed by atoms with van der Waals surface area (Å²) in [6, 6.07) is 1.84. The van der Waals surface area contributed by atoms with Crippen molar-refractivity contribution < 1.29 is 0 Å². The molecule has 1 rings (SSSR count). The van der Waals surface area contributed by atoms with E-state index in [1.54, 1.807) is 6.20 Å². The van der Waals surface area contributed by atoms with Crippen LogP contribution in [-0.4, -0.2) is 10.9 Å². The molecule has 0 aliphatic heterocycles. The lowest BCUT2D eigenvalue weighted by atomic mass is 10.0. The fraction of sp³-hybridized carbons (Fsp3) is 0.444. The predicted octanol–water partition coefficient (Wildman–Crippen LogP) is 2.73. The Bertz CT molecular complexity index is 289. The van der Waals surface area contributed by atoms with Gasteiger partial charge in [-0.1, -0.05) is 18.5 Å². The number of hydrogen-bond acceptors (Lipinski definition) is 2. The summed E-state index contributed by atoms with van der Waals surface area (Å²) in [7, 11) is 0. The van der Waals surface area contributed by atoms with Crippen molar-refractivity contribution in [3.05, 3.63) is 22.8 Å². The zero-order valence-electron chi connectivity index (χ0n) is 7.43. The smallest absolute Gasteiger partial charge is 0.126 e. The van der Waals surface area contributed by atoms with Gasteiger partial charge in [-0.05, 0) is 24.0 Å². The highest BCUT2D eigenvalue weighted by molar-refractivity contribution is 6.30. The molecule has 0 aliphatic carbocycles. The molecule has 72 valence electrons. The number of pyridine rings is 1. The van der Waals surface area contributed by atoms with E-state index in [0.717, 1.165) is 12.0 Å². The van der Waals surface area contributed by atoms with Gasteiger partial charge in [-0.2, -0.15) is 0 Å². The summed E-state index contributed by atoms with van der Waals surface area (Å²) in [6.07, 6.45) is 2.37. The van der Waals surface area contributed by atoms with Crippen molar-refractivity contribution in [3.8, 4) is 0 Å². The van der Waals surface area contributed by atoms with Gasteiger partial charge in [0.1, 0.15) is 5.82 Å². The van der Waals surface area contributed by atoms with E-state index < -0.39 is 0 Å². The fourth-order valence-corrected chi connectivity index (χ4v) is 1.37. The Labute approximate surface area is 88.1 Å². The molecule has 0 aliphatic rings. The largest absolute Gasteiger partial charge is 0.383 e. The van der Waals surface area contributed by atoms with Crippen LogP contribution in [0.25, 0.3) is 0 Å². The summed E-state index contributed by atoms with van der Waals surface area (Å²) in [5.74, 6) is 1.55. The van der Waals surface area contributed by atoms with E-state index >= 15 is 0 Å². The van der Waals surface area contributed by atoms with Crippen LogP contribution in [0.2, 0.25) is 5.02 Å². The molecule has 2 nitrogen and oxygen atoms in total. The van der Waals surface area contributed by atoms with Crippen molar-refractivity contribution in [2.24, 2.45) is 5.92 Å². The Morgan fingerprint density at radius 2 is 2.31 bits per heavy atom. The van der Waals surface area contributed by atoms with Gasteiger partial charge in [-0.25, -0.2) is 4.98 Å². The van der Waals surface area contributed by atoms with E-state index in [-0.39, 0.29) is 0 Å².